The third-order valence-corrected chi connectivity index (χ3v) is 6.57. The van der Waals surface area contributed by atoms with E-state index in [1.54, 1.807) is 11.3 Å². The summed E-state index contributed by atoms with van der Waals surface area (Å²) in [7, 11) is 0. The molecule has 2 N–H and O–H groups in total. The third kappa shape index (κ3) is 3.46. The van der Waals surface area contributed by atoms with E-state index in [1.807, 2.05) is 11.8 Å². The van der Waals surface area contributed by atoms with Crippen LogP contribution in [0.25, 0.3) is 10.2 Å². The fraction of sp³-hybridized carbons (Fsp3) is 0.368. The summed E-state index contributed by atoms with van der Waals surface area (Å²) in [5, 5.41) is 8.98. The Labute approximate surface area is 161 Å². The summed E-state index contributed by atoms with van der Waals surface area (Å²) >= 11 is 3.73. The fourth-order valence-corrected chi connectivity index (χ4v) is 4.83. The lowest BCUT2D eigenvalue weighted by molar-refractivity contribution is 0.859. The monoisotopic (exact) mass is 383 g/mol. The smallest absolute Gasteiger partial charge is 0.229 e. The van der Waals surface area contributed by atoms with Gasteiger partial charge in [-0.2, -0.15) is 16.7 Å². The van der Waals surface area contributed by atoms with Crippen molar-refractivity contribution in [2.45, 2.75) is 18.9 Å². The van der Waals surface area contributed by atoms with E-state index >= 15 is 0 Å². The van der Waals surface area contributed by atoms with Crippen LogP contribution in [0.3, 0.4) is 0 Å². The summed E-state index contributed by atoms with van der Waals surface area (Å²) in [6.45, 7) is 2.26. The quantitative estimate of drug-likeness (QED) is 0.673. The van der Waals surface area contributed by atoms with Gasteiger partial charge in [-0.25, -0.2) is 4.98 Å². The number of aromatic nitrogens is 2. The van der Waals surface area contributed by atoms with Crippen LogP contribution in [0.2, 0.25) is 0 Å². The number of thioether (sulfide) groups is 1. The minimum absolute atomic E-state index is 0.574. The second kappa shape index (κ2) is 6.96. The molecule has 3 aromatic rings. The highest BCUT2D eigenvalue weighted by Gasteiger charge is 2.23. The Bertz CT molecular complexity index is 898. The maximum Gasteiger partial charge on any atom is 0.229 e. The standard InChI is InChI=1S/C19H21N5S2/c1-2-13(1)20-18-17-16(7-10-26-17)22-19(23-18)21-14-3-5-15(6-4-14)24-8-11-25-12-9-24/h3-7,10,13H,1-2,8-9,11-12H2,(H2,20,21,22,23). The lowest BCUT2D eigenvalue weighted by Gasteiger charge is -2.28. The normalized spacial score (nSPS) is 17.5. The molecule has 2 fully saturated rings. The van der Waals surface area contributed by atoms with E-state index in [1.165, 1.54) is 30.0 Å². The van der Waals surface area contributed by atoms with Gasteiger partial charge in [0.2, 0.25) is 5.95 Å². The van der Waals surface area contributed by atoms with E-state index in [-0.39, 0.29) is 0 Å². The Morgan fingerprint density at radius 1 is 1.00 bits per heavy atom. The van der Waals surface area contributed by atoms with E-state index in [0.717, 1.165) is 34.8 Å². The summed E-state index contributed by atoms with van der Waals surface area (Å²) in [4.78, 5) is 11.8. The summed E-state index contributed by atoms with van der Waals surface area (Å²) in [5.74, 6) is 4.04. The number of anilines is 4. The second-order valence-electron chi connectivity index (χ2n) is 6.72. The van der Waals surface area contributed by atoms with Crippen LogP contribution >= 0.6 is 23.1 Å². The average Bonchev–Trinajstić information content (AvgIpc) is 3.37. The van der Waals surface area contributed by atoms with Gasteiger partial charge in [-0.3, -0.25) is 0 Å². The van der Waals surface area contributed by atoms with Crippen molar-refractivity contribution >= 4 is 56.5 Å². The van der Waals surface area contributed by atoms with Crippen molar-refractivity contribution in [1.29, 1.82) is 0 Å². The predicted octanol–water partition coefficient (Wildman–Crippen LogP) is 4.56. The van der Waals surface area contributed by atoms with Gasteiger partial charge >= 0.3 is 0 Å². The van der Waals surface area contributed by atoms with Crippen molar-refractivity contribution in [2.24, 2.45) is 0 Å². The van der Waals surface area contributed by atoms with Crippen LogP contribution in [-0.4, -0.2) is 40.6 Å². The topological polar surface area (TPSA) is 53.1 Å². The van der Waals surface area contributed by atoms with E-state index in [2.05, 4.69) is 56.2 Å². The van der Waals surface area contributed by atoms with Crippen LogP contribution in [0.15, 0.2) is 35.7 Å². The molecule has 1 aliphatic carbocycles. The molecule has 0 radical (unpaired) electrons. The number of hydrogen-bond donors (Lipinski definition) is 2. The molecule has 3 heterocycles. The first kappa shape index (κ1) is 16.2. The van der Waals surface area contributed by atoms with Gasteiger partial charge in [0.15, 0.2) is 0 Å². The van der Waals surface area contributed by atoms with E-state index in [4.69, 9.17) is 4.98 Å². The molecule has 7 heteroatoms. The van der Waals surface area contributed by atoms with Crippen LogP contribution in [0, 0.1) is 0 Å². The van der Waals surface area contributed by atoms with E-state index < -0.39 is 0 Å². The van der Waals surface area contributed by atoms with Gasteiger partial charge in [0.25, 0.3) is 0 Å². The van der Waals surface area contributed by atoms with Crippen LogP contribution < -0.4 is 15.5 Å². The van der Waals surface area contributed by atoms with Crippen molar-refractivity contribution in [3.63, 3.8) is 0 Å². The van der Waals surface area contributed by atoms with Gasteiger partial charge < -0.3 is 15.5 Å². The predicted molar refractivity (Wildman–Crippen MR) is 113 cm³/mol. The molecule has 0 amide bonds. The third-order valence-electron chi connectivity index (χ3n) is 4.72. The number of thiophene rings is 1. The largest absolute Gasteiger partial charge is 0.370 e. The molecule has 1 saturated heterocycles. The van der Waals surface area contributed by atoms with Crippen LogP contribution in [0.1, 0.15) is 12.8 Å². The molecule has 5 nitrogen and oxygen atoms in total. The molecular weight excluding hydrogens is 362 g/mol. The Morgan fingerprint density at radius 3 is 2.58 bits per heavy atom. The first-order valence-corrected chi connectivity index (χ1v) is 11.1. The zero-order valence-electron chi connectivity index (χ0n) is 14.4. The molecule has 2 aromatic heterocycles. The summed E-state index contributed by atoms with van der Waals surface area (Å²) in [6, 6.07) is 11.2. The van der Waals surface area contributed by atoms with E-state index in [9.17, 15) is 0 Å². The maximum absolute atomic E-state index is 4.72. The average molecular weight is 384 g/mol. The number of hydrogen-bond acceptors (Lipinski definition) is 7. The first-order chi connectivity index (χ1) is 12.8. The molecule has 1 aromatic carbocycles. The van der Waals surface area contributed by atoms with Crippen molar-refractivity contribution in [2.75, 3.05) is 40.1 Å². The summed E-state index contributed by atoms with van der Waals surface area (Å²) < 4.78 is 1.14. The molecule has 5 rings (SSSR count). The van der Waals surface area contributed by atoms with Gasteiger partial charge in [0.1, 0.15) is 5.82 Å². The molecule has 2 aliphatic rings. The molecule has 0 atom stereocenters. The highest BCUT2D eigenvalue weighted by molar-refractivity contribution is 7.99. The number of nitrogens with zero attached hydrogens (tertiary/aromatic N) is 3. The SMILES string of the molecule is c1cc2nc(Nc3ccc(N4CCSCC4)cc3)nc(NC3CC3)c2s1. The van der Waals surface area contributed by atoms with Crippen molar-refractivity contribution in [1.82, 2.24) is 9.97 Å². The van der Waals surface area contributed by atoms with Gasteiger partial charge in [0, 0.05) is 42.0 Å². The van der Waals surface area contributed by atoms with Crippen molar-refractivity contribution in [3.05, 3.63) is 35.7 Å². The minimum atomic E-state index is 0.574. The van der Waals surface area contributed by atoms with Gasteiger partial charge in [0.05, 0.1) is 10.2 Å². The lowest BCUT2D eigenvalue weighted by atomic mass is 10.2. The fourth-order valence-electron chi connectivity index (χ4n) is 3.14. The minimum Gasteiger partial charge on any atom is -0.370 e. The number of fused-ring (bicyclic) bond motifs is 1. The molecule has 0 unspecified atom stereocenters. The molecule has 1 saturated carbocycles. The molecule has 0 spiro atoms. The van der Waals surface area contributed by atoms with Crippen molar-refractivity contribution in [3.8, 4) is 0 Å². The summed E-state index contributed by atoms with van der Waals surface area (Å²) in [5.41, 5.74) is 3.31. The molecule has 134 valence electrons. The van der Waals surface area contributed by atoms with E-state index in [0.29, 0.717) is 12.0 Å². The zero-order valence-corrected chi connectivity index (χ0v) is 16.1. The Balaban J connectivity index is 1.36. The highest BCUT2D eigenvalue weighted by atomic mass is 32.2. The molecule has 0 bridgehead atoms. The maximum atomic E-state index is 4.72. The molecule has 1 aliphatic heterocycles. The van der Waals surface area contributed by atoms with Gasteiger partial charge in [-0.1, -0.05) is 0 Å². The van der Waals surface area contributed by atoms with Crippen LogP contribution in [0.5, 0.6) is 0 Å². The number of nitrogens with one attached hydrogen (secondary N) is 2. The van der Waals surface area contributed by atoms with Gasteiger partial charge in [-0.15, -0.1) is 11.3 Å². The number of rotatable bonds is 5. The Hall–Kier alpha value is -1.99. The van der Waals surface area contributed by atoms with Gasteiger partial charge in [-0.05, 0) is 48.6 Å². The van der Waals surface area contributed by atoms with Crippen molar-refractivity contribution < 1.29 is 0 Å². The molecule has 26 heavy (non-hydrogen) atoms. The summed E-state index contributed by atoms with van der Waals surface area (Å²) in [6.07, 6.45) is 2.46. The second-order valence-corrected chi connectivity index (χ2v) is 8.86. The lowest BCUT2D eigenvalue weighted by Crippen LogP contribution is -2.32. The zero-order chi connectivity index (χ0) is 17.3. The van der Waals surface area contributed by atoms with Crippen LogP contribution in [-0.2, 0) is 0 Å². The first-order valence-electron chi connectivity index (χ1n) is 9.07. The Morgan fingerprint density at radius 2 is 1.81 bits per heavy atom. The van der Waals surface area contributed by atoms with Crippen LogP contribution in [0.4, 0.5) is 23.1 Å². The number of benzene rings is 1. The Kier molecular flexibility index (Phi) is 4.34. The molecular formula is C19H21N5S2. The highest BCUT2D eigenvalue weighted by Crippen LogP contribution is 2.32.